The summed E-state index contributed by atoms with van der Waals surface area (Å²) in [4.78, 5) is 27.1. The minimum absolute atomic E-state index is 0.155. The Balaban J connectivity index is 1.48. The van der Waals surface area contributed by atoms with Gasteiger partial charge in [-0.2, -0.15) is 10.2 Å². The van der Waals surface area contributed by atoms with E-state index in [0.717, 1.165) is 0 Å². The first-order valence-electron chi connectivity index (χ1n) is 8.64. The van der Waals surface area contributed by atoms with Crippen LogP contribution in [-0.2, 0) is 4.79 Å². The SMILES string of the molecule is C#CCCC1(CCC(=O)Nc2ccc(Oc3ccc(C(=O)O)cc3)nc2)N=N1. The summed E-state index contributed by atoms with van der Waals surface area (Å²) in [5.41, 5.74) is 0.239. The van der Waals surface area contributed by atoms with E-state index >= 15 is 0 Å². The second-order valence-corrected chi connectivity index (χ2v) is 6.25. The minimum Gasteiger partial charge on any atom is -0.478 e. The summed E-state index contributed by atoms with van der Waals surface area (Å²) in [5.74, 6) is 2.18. The lowest BCUT2D eigenvalue weighted by Crippen LogP contribution is -2.17. The average Bonchev–Trinajstić information content (AvgIpc) is 3.47. The molecule has 0 atom stereocenters. The predicted molar refractivity (Wildman–Crippen MR) is 101 cm³/mol. The van der Waals surface area contributed by atoms with Crippen LogP contribution in [0.4, 0.5) is 5.69 Å². The fourth-order valence-electron chi connectivity index (χ4n) is 2.51. The van der Waals surface area contributed by atoms with Gasteiger partial charge in [-0.05, 0) is 30.3 Å². The Hall–Kier alpha value is -3.73. The van der Waals surface area contributed by atoms with Gasteiger partial charge in [-0.25, -0.2) is 9.78 Å². The fraction of sp³-hybridized carbons (Fsp3) is 0.250. The van der Waals surface area contributed by atoms with E-state index in [-0.39, 0.29) is 17.9 Å². The molecule has 8 heteroatoms. The number of ether oxygens (including phenoxy) is 1. The van der Waals surface area contributed by atoms with Crippen molar-refractivity contribution in [2.24, 2.45) is 10.2 Å². The Morgan fingerprint density at radius 2 is 1.89 bits per heavy atom. The summed E-state index contributed by atoms with van der Waals surface area (Å²) in [6.45, 7) is 0. The molecular weight excluding hydrogens is 360 g/mol. The molecule has 2 aromatic rings. The number of nitrogens with one attached hydrogen (secondary N) is 1. The highest BCUT2D eigenvalue weighted by molar-refractivity contribution is 5.90. The van der Waals surface area contributed by atoms with E-state index in [4.69, 9.17) is 16.3 Å². The zero-order valence-corrected chi connectivity index (χ0v) is 15.0. The number of aromatic carboxylic acids is 1. The van der Waals surface area contributed by atoms with Gasteiger partial charge in [-0.1, -0.05) is 0 Å². The molecule has 0 saturated heterocycles. The number of carboxylic acids is 1. The van der Waals surface area contributed by atoms with Gasteiger partial charge in [0.2, 0.25) is 11.8 Å². The second kappa shape index (κ2) is 8.31. The Bertz CT molecular complexity index is 924. The van der Waals surface area contributed by atoms with Gasteiger partial charge in [-0.15, -0.1) is 12.3 Å². The molecule has 28 heavy (non-hydrogen) atoms. The molecule has 1 aliphatic rings. The van der Waals surface area contributed by atoms with E-state index in [1.165, 1.54) is 18.3 Å². The number of anilines is 1. The lowest BCUT2D eigenvalue weighted by Gasteiger charge is -2.10. The summed E-state index contributed by atoms with van der Waals surface area (Å²) in [7, 11) is 0. The lowest BCUT2D eigenvalue weighted by atomic mass is 10.0. The number of pyridine rings is 1. The molecule has 1 aromatic carbocycles. The van der Waals surface area contributed by atoms with Crippen molar-refractivity contribution in [2.75, 3.05) is 5.32 Å². The molecule has 1 aliphatic heterocycles. The Morgan fingerprint density at radius 3 is 2.46 bits per heavy atom. The molecule has 3 rings (SSSR count). The van der Waals surface area contributed by atoms with Crippen LogP contribution >= 0.6 is 0 Å². The smallest absolute Gasteiger partial charge is 0.335 e. The van der Waals surface area contributed by atoms with Gasteiger partial charge in [0.1, 0.15) is 5.75 Å². The van der Waals surface area contributed by atoms with Crippen LogP contribution in [0.1, 0.15) is 36.0 Å². The van der Waals surface area contributed by atoms with Gasteiger partial charge < -0.3 is 15.2 Å². The monoisotopic (exact) mass is 378 g/mol. The van der Waals surface area contributed by atoms with Crippen molar-refractivity contribution >= 4 is 17.6 Å². The van der Waals surface area contributed by atoms with Crippen LogP contribution in [0.15, 0.2) is 52.8 Å². The molecule has 1 amide bonds. The van der Waals surface area contributed by atoms with Crippen molar-refractivity contribution < 1.29 is 19.4 Å². The highest BCUT2D eigenvalue weighted by Gasteiger charge is 2.39. The number of hydrogen-bond donors (Lipinski definition) is 2. The third kappa shape index (κ3) is 5.14. The standard InChI is InChI=1S/C20H18N4O4/c1-2-3-11-20(23-24-20)12-10-17(25)22-15-6-9-18(21-13-15)28-16-7-4-14(5-8-16)19(26)27/h1,4-9,13H,3,10-12H2,(H,22,25)(H,26,27). The van der Waals surface area contributed by atoms with Gasteiger partial charge in [0.15, 0.2) is 5.66 Å². The molecule has 1 aromatic heterocycles. The normalized spacial score (nSPS) is 13.4. The maximum atomic E-state index is 12.1. The molecule has 142 valence electrons. The number of benzene rings is 1. The van der Waals surface area contributed by atoms with Crippen molar-refractivity contribution in [2.45, 2.75) is 31.3 Å². The number of carboxylic acid groups (broad SMARTS) is 1. The molecule has 2 N–H and O–H groups in total. The third-order valence-corrected chi connectivity index (χ3v) is 4.15. The molecule has 0 fully saturated rings. The van der Waals surface area contributed by atoms with E-state index in [1.807, 2.05) is 0 Å². The Morgan fingerprint density at radius 1 is 1.14 bits per heavy atom. The van der Waals surface area contributed by atoms with Crippen LogP contribution in [0.25, 0.3) is 0 Å². The van der Waals surface area contributed by atoms with E-state index in [0.29, 0.717) is 36.6 Å². The van der Waals surface area contributed by atoms with Crippen molar-refractivity contribution in [3.8, 4) is 24.0 Å². The summed E-state index contributed by atoms with van der Waals surface area (Å²) in [6, 6.07) is 9.27. The maximum Gasteiger partial charge on any atom is 0.335 e. The molecule has 0 saturated carbocycles. The van der Waals surface area contributed by atoms with E-state index in [1.54, 1.807) is 24.3 Å². The van der Waals surface area contributed by atoms with E-state index in [2.05, 4.69) is 26.4 Å². The quantitative estimate of drug-likeness (QED) is 0.643. The van der Waals surface area contributed by atoms with Crippen molar-refractivity contribution in [1.82, 2.24) is 4.98 Å². The second-order valence-electron chi connectivity index (χ2n) is 6.25. The molecule has 0 bridgehead atoms. The van der Waals surface area contributed by atoms with Crippen LogP contribution in [-0.4, -0.2) is 27.6 Å². The topological polar surface area (TPSA) is 113 Å². The number of amides is 1. The zero-order valence-electron chi connectivity index (χ0n) is 15.0. The minimum atomic E-state index is -1.00. The summed E-state index contributed by atoms with van der Waals surface area (Å²) in [5, 5.41) is 19.7. The largest absolute Gasteiger partial charge is 0.478 e. The summed E-state index contributed by atoms with van der Waals surface area (Å²) in [6.07, 6.45) is 8.79. The number of carbonyl (C=O) groups is 2. The van der Waals surface area contributed by atoms with Gasteiger partial charge in [0.25, 0.3) is 0 Å². The van der Waals surface area contributed by atoms with Gasteiger partial charge in [0, 0.05) is 31.7 Å². The number of carbonyl (C=O) groups excluding carboxylic acids is 1. The number of aromatic nitrogens is 1. The highest BCUT2D eigenvalue weighted by atomic mass is 16.5. The number of nitrogens with zero attached hydrogens (tertiary/aromatic N) is 3. The molecule has 0 aliphatic carbocycles. The first-order chi connectivity index (χ1) is 13.5. The molecule has 0 radical (unpaired) electrons. The van der Waals surface area contributed by atoms with Gasteiger partial charge in [0.05, 0.1) is 17.4 Å². The number of terminal acetylenes is 1. The third-order valence-electron chi connectivity index (χ3n) is 4.15. The highest BCUT2D eigenvalue weighted by Crippen LogP contribution is 2.37. The van der Waals surface area contributed by atoms with E-state index < -0.39 is 11.6 Å². The summed E-state index contributed by atoms with van der Waals surface area (Å²) >= 11 is 0. The average molecular weight is 378 g/mol. The fourth-order valence-corrected chi connectivity index (χ4v) is 2.51. The number of hydrogen-bond acceptors (Lipinski definition) is 6. The van der Waals surface area contributed by atoms with Crippen molar-refractivity contribution in [3.05, 3.63) is 48.2 Å². The molecule has 8 nitrogen and oxygen atoms in total. The number of rotatable bonds is 9. The van der Waals surface area contributed by atoms with Crippen LogP contribution in [0.2, 0.25) is 0 Å². The van der Waals surface area contributed by atoms with Crippen LogP contribution in [0, 0.1) is 12.3 Å². The molecule has 0 unspecified atom stereocenters. The first kappa shape index (κ1) is 19.0. The van der Waals surface area contributed by atoms with Gasteiger partial charge >= 0.3 is 5.97 Å². The van der Waals surface area contributed by atoms with Crippen LogP contribution in [0.3, 0.4) is 0 Å². The predicted octanol–water partition coefficient (Wildman–Crippen LogP) is 3.87. The van der Waals surface area contributed by atoms with Gasteiger partial charge in [-0.3, -0.25) is 4.79 Å². The van der Waals surface area contributed by atoms with Crippen molar-refractivity contribution in [1.29, 1.82) is 0 Å². The van der Waals surface area contributed by atoms with E-state index in [9.17, 15) is 9.59 Å². The van der Waals surface area contributed by atoms with Crippen LogP contribution in [0.5, 0.6) is 11.6 Å². The lowest BCUT2D eigenvalue weighted by molar-refractivity contribution is -0.116. The maximum absolute atomic E-state index is 12.1. The van der Waals surface area contributed by atoms with Crippen LogP contribution < -0.4 is 10.1 Å². The Labute approximate surface area is 161 Å². The molecular formula is C20H18N4O4. The Kier molecular flexibility index (Phi) is 5.65. The van der Waals surface area contributed by atoms with Crippen molar-refractivity contribution in [3.63, 3.8) is 0 Å². The zero-order chi connectivity index (χ0) is 20.0. The molecule has 2 heterocycles. The summed E-state index contributed by atoms with van der Waals surface area (Å²) < 4.78 is 5.55. The first-order valence-corrected chi connectivity index (χ1v) is 8.64. The molecule has 0 spiro atoms.